The summed E-state index contributed by atoms with van der Waals surface area (Å²) in [6.07, 6.45) is 0. The third-order valence-electron chi connectivity index (χ3n) is 5.56. The minimum absolute atomic E-state index is 0.0670. The number of sulfonamides is 1. The first-order valence-electron chi connectivity index (χ1n) is 11.0. The summed E-state index contributed by atoms with van der Waals surface area (Å²) in [6.45, 7) is 3.26. The molecule has 0 bridgehead atoms. The van der Waals surface area contributed by atoms with Gasteiger partial charge in [0.1, 0.15) is 12.6 Å². The number of nitrogens with zero attached hydrogens (tertiary/aromatic N) is 2. The Bertz CT molecular complexity index is 1300. The summed E-state index contributed by atoms with van der Waals surface area (Å²) in [5.74, 6) is -0.840. The molecule has 0 saturated carbocycles. The summed E-state index contributed by atoms with van der Waals surface area (Å²) in [5.41, 5.74) is 2.19. The first-order chi connectivity index (χ1) is 16.6. The molecule has 0 spiro atoms. The van der Waals surface area contributed by atoms with E-state index in [2.05, 4.69) is 21.2 Å². The zero-order chi connectivity index (χ0) is 25.6. The van der Waals surface area contributed by atoms with Gasteiger partial charge in [0.2, 0.25) is 11.8 Å². The molecule has 0 aliphatic carbocycles. The SMILES string of the molecule is CNC(=O)[C@@H](C)N(Cc1cccc(C)c1)C(=O)CN(c1cccc(Br)c1)S(=O)(=O)c1ccccc1. The van der Waals surface area contributed by atoms with E-state index in [1.807, 2.05) is 31.2 Å². The van der Waals surface area contributed by atoms with Crippen molar-refractivity contribution in [2.24, 2.45) is 0 Å². The number of hydrogen-bond donors (Lipinski definition) is 1. The van der Waals surface area contributed by atoms with Crippen LogP contribution in [0, 0.1) is 6.92 Å². The third-order valence-corrected chi connectivity index (χ3v) is 7.84. The molecule has 9 heteroatoms. The fourth-order valence-corrected chi connectivity index (χ4v) is 5.49. The summed E-state index contributed by atoms with van der Waals surface area (Å²) in [7, 11) is -2.56. The van der Waals surface area contributed by atoms with Crippen LogP contribution >= 0.6 is 15.9 Å². The van der Waals surface area contributed by atoms with Crippen molar-refractivity contribution >= 4 is 43.5 Å². The number of amides is 2. The molecule has 7 nitrogen and oxygen atoms in total. The van der Waals surface area contributed by atoms with E-state index in [4.69, 9.17) is 0 Å². The van der Waals surface area contributed by atoms with Crippen LogP contribution in [0.15, 0.2) is 88.2 Å². The lowest BCUT2D eigenvalue weighted by Gasteiger charge is -2.32. The van der Waals surface area contributed by atoms with Gasteiger partial charge in [-0.2, -0.15) is 0 Å². The number of anilines is 1. The molecule has 0 saturated heterocycles. The smallest absolute Gasteiger partial charge is 0.264 e. The highest BCUT2D eigenvalue weighted by Crippen LogP contribution is 2.27. The molecule has 1 N–H and O–H groups in total. The molecule has 3 aromatic carbocycles. The fraction of sp³-hybridized carbons (Fsp3) is 0.231. The monoisotopic (exact) mass is 557 g/mol. The highest BCUT2D eigenvalue weighted by atomic mass is 79.9. The third kappa shape index (κ3) is 6.49. The summed E-state index contributed by atoms with van der Waals surface area (Å²) in [4.78, 5) is 27.6. The van der Waals surface area contributed by atoms with Crippen LogP contribution in [-0.4, -0.2) is 44.8 Å². The second-order valence-corrected chi connectivity index (χ2v) is 10.9. The first kappa shape index (κ1) is 26.4. The van der Waals surface area contributed by atoms with Gasteiger partial charge in [-0.1, -0.05) is 70.0 Å². The summed E-state index contributed by atoms with van der Waals surface area (Å²) >= 11 is 3.38. The number of hydrogen-bond acceptors (Lipinski definition) is 4. The Morgan fingerprint density at radius 2 is 1.66 bits per heavy atom. The molecule has 184 valence electrons. The zero-order valence-corrected chi connectivity index (χ0v) is 22.2. The van der Waals surface area contributed by atoms with Crippen LogP contribution in [0.4, 0.5) is 5.69 Å². The van der Waals surface area contributed by atoms with Crippen molar-refractivity contribution in [1.29, 1.82) is 0 Å². The van der Waals surface area contributed by atoms with Crippen molar-refractivity contribution < 1.29 is 18.0 Å². The van der Waals surface area contributed by atoms with E-state index in [1.165, 1.54) is 24.1 Å². The predicted octanol–water partition coefficient (Wildman–Crippen LogP) is 4.12. The summed E-state index contributed by atoms with van der Waals surface area (Å²) < 4.78 is 29.0. The molecule has 0 heterocycles. The van der Waals surface area contributed by atoms with Gasteiger partial charge < -0.3 is 10.2 Å². The maximum atomic E-state index is 13.7. The number of carbonyl (C=O) groups excluding carboxylic acids is 2. The van der Waals surface area contributed by atoms with Crippen LogP contribution in [0.2, 0.25) is 0 Å². The van der Waals surface area contributed by atoms with Gasteiger partial charge in [-0.05, 0) is 49.7 Å². The molecule has 0 radical (unpaired) electrons. The Labute approximate surface area is 214 Å². The van der Waals surface area contributed by atoms with E-state index in [0.717, 1.165) is 15.4 Å². The van der Waals surface area contributed by atoms with Gasteiger partial charge in [0.15, 0.2) is 0 Å². The van der Waals surface area contributed by atoms with Crippen LogP contribution in [-0.2, 0) is 26.2 Å². The largest absolute Gasteiger partial charge is 0.357 e. The number of likely N-dealkylation sites (N-methyl/N-ethyl adjacent to an activating group) is 1. The van der Waals surface area contributed by atoms with E-state index in [-0.39, 0.29) is 17.3 Å². The van der Waals surface area contributed by atoms with Gasteiger partial charge in [-0.3, -0.25) is 13.9 Å². The molecular formula is C26H28BrN3O4S. The van der Waals surface area contributed by atoms with Crippen LogP contribution in [0.5, 0.6) is 0 Å². The van der Waals surface area contributed by atoms with Crippen LogP contribution in [0.1, 0.15) is 18.1 Å². The molecule has 0 aliphatic rings. The number of halogens is 1. The molecule has 1 atom stereocenters. The number of benzene rings is 3. The highest BCUT2D eigenvalue weighted by Gasteiger charge is 2.32. The topological polar surface area (TPSA) is 86.8 Å². The number of nitrogens with one attached hydrogen (secondary N) is 1. The second kappa shape index (κ2) is 11.5. The molecule has 0 unspecified atom stereocenters. The molecule has 2 amide bonds. The number of aryl methyl sites for hydroxylation is 1. The Kier molecular flexibility index (Phi) is 8.69. The minimum atomic E-state index is -4.07. The molecular weight excluding hydrogens is 530 g/mol. The lowest BCUT2D eigenvalue weighted by atomic mass is 10.1. The summed E-state index contributed by atoms with van der Waals surface area (Å²) in [6, 6.07) is 21.5. The summed E-state index contributed by atoms with van der Waals surface area (Å²) in [5, 5.41) is 2.57. The Morgan fingerprint density at radius 1 is 0.971 bits per heavy atom. The van der Waals surface area contributed by atoms with Crippen molar-refractivity contribution in [2.45, 2.75) is 31.3 Å². The van der Waals surface area contributed by atoms with Crippen molar-refractivity contribution in [2.75, 3.05) is 17.9 Å². The molecule has 3 aromatic rings. The van der Waals surface area contributed by atoms with E-state index in [9.17, 15) is 18.0 Å². The minimum Gasteiger partial charge on any atom is -0.357 e. The first-order valence-corrected chi connectivity index (χ1v) is 13.3. The Hall–Kier alpha value is -3.17. The van der Waals surface area contributed by atoms with Gasteiger partial charge in [0.05, 0.1) is 10.6 Å². The average molecular weight is 558 g/mol. The quantitative estimate of drug-likeness (QED) is 0.428. The molecule has 0 aliphatic heterocycles. The molecule has 0 aromatic heterocycles. The molecule has 0 fully saturated rings. The van der Waals surface area contributed by atoms with Gasteiger partial charge >= 0.3 is 0 Å². The normalized spacial score (nSPS) is 12.0. The molecule has 35 heavy (non-hydrogen) atoms. The fourth-order valence-electron chi connectivity index (χ4n) is 3.68. The zero-order valence-electron chi connectivity index (χ0n) is 19.8. The van der Waals surface area contributed by atoms with Crippen molar-refractivity contribution in [3.05, 3.63) is 94.5 Å². The van der Waals surface area contributed by atoms with Gasteiger partial charge in [0.25, 0.3) is 10.0 Å². The van der Waals surface area contributed by atoms with E-state index < -0.39 is 28.5 Å². The van der Waals surface area contributed by atoms with Gasteiger partial charge in [-0.15, -0.1) is 0 Å². The number of rotatable bonds is 9. The van der Waals surface area contributed by atoms with Crippen molar-refractivity contribution in [3.63, 3.8) is 0 Å². The highest BCUT2D eigenvalue weighted by molar-refractivity contribution is 9.10. The molecule has 3 rings (SSSR count). The Balaban J connectivity index is 2.02. The van der Waals surface area contributed by atoms with Gasteiger partial charge in [-0.25, -0.2) is 8.42 Å². The van der Waals surface area contributed by atoms with Crippen molar-refractivity contribution in [3.8, 4) is 0 Å². The maximum absolute atomic E-state index is 13.7. The van der Waals surface area contributed by atoms with E-state index in [1.54, 1.807) is 49.4 Å². The standard InChI is InChI=1S/C26H28BrN3O4S/c1-19-9-7-10-21(15-19)17-29(20(2)26(32)28-3)25(31)18-30(23-12-8-11-22(27)16-23)35(33,34)24-13-5-4-6-14-24/h4-16,20H,17-18H2,1-3H3,(H,28,32)/t20-/m1/s1. The Morgan fingerprint density at radius 3 is 2.29 bits per heavy atom. The second-order valence-electron chi connectivity index (χ2n) is 8.11. The van der Waals surface area contributed by atoms with Gasteiger partial charge in [0, 0.05) is 18.1 Å². The lowest BCUT2D eigenvalue weighted by molar-refractivity contribution is -0.139. The van der Waals surface area contributed by atoms with Crippen molar-refractivity contribution in [1.82, 2.24) is 10.2 Å². The lowest BCUT2D eigenvalue weighted by Crippen LogP contribution is -2.50. The number of carbonyl (C=O) groups is 2. The van der Waals surface area contributed by atoms with E-state index >= 15 is 0 Å². The van der Waals surface area contributed by atoms with Crippen LogP contribution < -0.4 is 9.62 Å². The average Bonchev–Trinajstić information content (AvgIpc) is 2.85. The van der Waals surface area contributed by atoms with Crippen LogP contribution in [0.3, 0.4) is 0 Å². The maximum Gasteiger partial charge on any atom is 0.264 e. The van der Waals surface area contributed by atoms with E-state index in [0.29, 0.717) is 10.2 Å². The van der Waals surface area contributed by atoms with Crippen LogP contribution in [0.25, 0.3) is 0 Å². The predicted molar refractivity (Wildman–Crippen MR) is 140 cm³/mol.